The third-order valence-corrected chi connectivity index (χ3v) is 3.85. The number of H-pyrrole nitrogens is 1. The van der Waals surface area contributed by atoms with E-state index in [1.54, 1.807) is 0 Å². The van der Waals surface area contributed by atoms with Crippen molar-refractivity contribution in [3.8, 4) is 17.0 Å². The lowest BCUT2D eigenvalue weighted by atomic mass is 10.0. The molecule has 1 N–H and O–H groups in total. The van der Waals surface area contributed by atoms with E-state index < -0.39 is 0 Å². The lowest BCUT2D eigenvalue weighted by Gasteiger charge is -2.17. The number of rotatable bonds is 7. The maximum Gasteiger partial charge on any atom is 0.125 e. The molecule has 0 fully saturated rings. The molecule has 2 aromatic rings. The van der Waals surface area contributed by atoms with E-state index in [9.17, 15) is 0 Å². The molecule has 0 radical (unpaired) electrons. The second-order valence-corrected chi connectivity index (χ2v) is 6.60. The summed E-state index contributed by atoms with van der Waals surface area (Å²) in [6.07, 6.45) is 3.34. The van der Waals surface area contributed by atoms with Gasteiger partial charge in [-0.15, -0.1) is 0 Å². The topological polar surface area (TPSA) is 41.2 Å². The second kappa shape index (κ2) is 7.64. The van der Waals surface area contributed by atoms with Crippen LogP contribution in [0.25, 0.3) is 11.3 Å². The highest BCUT2D eigenvalue weighted by atomic mass is 16.5. The summed E-state index contributed by atoms with van der Waals surface area (Å²) in [7, 11) is 2.15. The van der Waals surface area contributed by atoms with Crippen molar-refractivity contribution in [2.75, 3.05) is 13.6 Å². The maximum atomic E-state index is 5.94. The Morgan fingerprint density at radius 1 is 1.22 bits per heavy atom. The summed E-state index contributed by atoms with van der Waals surface area (Å²) in [5.41, 5.74) is 5.74. The van der Waals surface area contributed by atoms with E-state index in [4.69, 9.17) is 4.74 Å². The predicted molar refractivity (Wildman–Crippen MR) is 95.9 cm³/mol. The molecule has 1 aromatic carbocycles. The van der Waals surface area contributed by atoms with Gasteiger partial charge in [0.15, 0.2) is 0 Å². The number of aromatic amines is 1. The second-order valence-electron chi connectivity index (χ2n) is 6.60. The zero-order valence-corrected chi connectivity index (χ0v) is 15.2. The van der Waals surface area contributed by atoms with Crippen LogP contribution in [0, 0.1) is 13.8 Å². The molecule has 126 valence electrons. The number of hydrogen-bond donors (Lipinski definition) is 1. The molecule has 0 saturated heterocycles. The quantitative estimate of drug-likeness (QED) is 0.827. The first-order chi connectivity index (χ1) is 10.9. The van der Waals surface area contributed by atoms with Crippen molar-refractivity contribution >= 4 is 0 Å². The average molecular weight is 315 g/mol. The van der Waals surface area contributed by atoms with E-state index in [2.05, 4.69) is 68.9 Å². The molecular formula is C19H29N3O. The van der Waals surface area contributed by atoms with E-state index in [1.807, 2.05) is 6.20 Å². The molecule has 0 aliphatic carbocycles. The molecule has 4 heteroatoms. The van der Waals surface area contributed by atoms with E-state index in [-0.39, 0.29) is 6.10 Å². The first-order valence-electron chi connectivity index (χ1n) is 8.41. The van der Waals surface area contributed by atoms with Gasteiger partial charge in [0.1, 0.15) is 5.75 Å². The van der Waals surface area contributed by atoms with Gasteiger partial charge in [-0.05, 0) is 71.0 Å². The summed E-state index contributed by atoms with van der Waals surface area (Å²) in [6.45, 7) is 12.5. The molecule has 0 atom stereocenters. The fraction of sp³-hybridized carbons (Fsp3) is 0.526. The van der Waals surface area contributed by atoms with Gasteiger partial charge in [0.25, 0.3) is 0 Å². The van der Waals surface area contributed by atoms with Gasteiger partial charge in [-0.25, -0.2) is 0 Å². The van der Waals surface area contributed by atoms with Crippen LogP contribution in [0.3, 0.4) is 0 Å². The molecule has 0 unspecified atom stereocenters. The monoisotopic (exact) mass is 315 g/mol. The number of aromatic nitrogens is 2. The van der Waals surface area contributed by atoms with Crippen molar-refractivity contribution < 1.29 is 4.74 Å². The molecule has 23 heavy (non-hydrogen) atoms. The average Bonchev–Trinajstić information content (AvgIpc) is 2.90. The minimum atomic E-state index is 0.182. The Bertz CT molecular complexity index is 623. The van der Waals surface area contributed by atoms with Crippen molar-refractivity contribution in [1.29, 1.82) is 0 Å². The van der Waals surface area contributed by atoms with Gasteiger partial charge < -0.3 is 9.64 Å². The highest BCUT2D eigenvalue weighted by Crippen LogP contribution is 2.31. The smallest absolute Gasteiger partial charge is 0.125 e. The molecule has 2 rings (SSSR count). The number of hydrogen-bond acceptors (Lipinski definition) is 3. The van der Waals surface area contributed by atoms with Crippen LogP contribution < -0.4 is 4.74 Å². The van der Waals surface area contributed by atoms with Crippen molar-refractivity contribution in [3.63, 3.8) is 0 Å². The third-order valence-electron chi connectivity index (χ3n) is 3.85. The Morgan fingerprint density at radius 3 is 2.43 bits per heavy atom. The Hall–Kier alpha value is -1.81. The minimum Gasteiger partial charge on any atom is -0.490 e. The summed E-state index contributed by atoms with van der Waals surface area (Å²) >= 11 is 0. The van der Waals surface area contributed by atoms with Gasteiger partial charge in [-0.1, -0.05) is 6.92 Å². The van der Waals surface area contributed by atoms with Crippen molar-refractivity contribution in [3.05, 3.63) is 35.0 Å². The van der Waals surface area contributed by atoms with E-state index in [0.29, 0.717) is 0 Å². The fourth-order valence-corrected chi connectivity index (χ4v) is 2.95. The highest BCUT2D eigenvalue weighted by molar-refractivity contribution is 5.66. The Kier molecular flexibility index (Phi) is 5.83. The zero-order chi connectivity index (χ0) is 17.0. The van der Waals surface area contributed by atoms with E-state index in [1.165, 1.54) is 5.56 Å². The lowest BCUT2D eigenvalue weighted by Crippen LogP contribution is -2.18. The van der Waals surface area contributed by atoms with Crippen LogP contribution >= 0.6 is 0 Å². The van der Waals surface area contributed by atoms with Crippen LogP contribution in [0.2, 0.25) is 0 Å². The van der Waals surface area contributed by atoms with Gasteiger partial charge >= 0.3 is 0 Å². The standard InChI is InChI=1S/C19H29N3O/c1-7-8-22(6)12-17-11-20-21-18(17)16-9-14(4)19(15(5)10-16)23-13(2)3/h9-11,13H,7-8,12H2,1-6H3,(H,20,21). The van der Waals surface area contributed by atoms with Crippen molar-refractivity contribution in [1.82, 2.24) is 15.1 Å². The molecule has 0 aliphatic rings. The van der Waals surface area contributed by atoms with Gasteiger partial charge in [-0.3, -0.25) is 5.10 Å². The van der Waals surface area contributed by atoms with E-state index >= 15 is 0 Å². The zero-order valence-electron chi connectivity index (χ0n) is 15.2. The molecule has 0 aliphatic heterocycles. The molecule has 4 nitrogen and oxygen atoms in total. The fourth-order valence-electron chi connectivity index (χ4n) is 2.95. The number of nitrogens with one attached hydrogen (secondary N) is 1. The first-order valence-corrected chi connectivity index (χ1v) is 8.41. The number of aryl methyl sites for hydroxylation is 2. The van der Waals surface area contributed by atoms with Crippen molar-refractivity contribution in [2.45, 2.75) is 53.7 Å². The van der Waals surface area contributed by atoms with Gasteiger partial charge in [0, 0.05) is 23.9 Å². The summed E-state index contributed by atoms with van der Waals surface area (Å²) in [4.78, 5) is 2.32. The Balaban J connectivity index is 2.31. The number of benzene rings is 1. The molecule has 1 heterocycles. The SMILES string of the molecule is CCCN(C)Cc1c[nH]nc1-c1cc(C)c(OC(C)C)c(C)c1. The number of ether oxygens (including phenoxy) is 1. The van der Waals surface area contributed by atoms with Crippen LogP contribution in [-0.4, -0.2) is 34.8 Å². The Labute approximate surface area is 139 Å². The molecule has 0 amide bonds. The molecule has 0 spiro atoms. The van der Waals surface area contributed by atoms with Crippen LogP contribution in [0.4, 0.5) is 0 Å². The summed E-state index contributed by atoms with van der Waals surface area (Å²) in [5.74, 6) is 0.990. The third kappa shape index (κ3) is 4.35. The van der Waals surface area contributed by atoms with Crippen molar-refractivity contribution in [2.24, 2.45) is 0 Å². The highest BCUT2D eigenvalue weighted by Gasteiger charge is 2.14. The summed E-state index contributed by atoms with van der Waals surface area (Å²) < 4.78 is 5.94. The summed E-state index contributed by atoms with van der Waals surface area (Å²) in [5, 5.41) is 7.50. The van der Waals surface area contributed by atoms with Gasteiger partial charge in [0.2, 0.25) is 0 Å². The van der Waals surface area contributed by atoms with Crippen LogP contribution in [0.1, 0.15) is 43.9 Å². The first kappa shape index (κ1) is 17.5. The van der Waals surface area contributed by atoms with Gasteiger partial charge in [-0.2, -0.15) is 5.10 Å². The lowest BCUT2D eigenvalue weighted by molar-refractivity contribution is 0.239. The Morgan fingerprint density at radius 2 is 1.87 bits per heavy atom. The van der Waals surface area contributed by atoms with Crippen LogP contribution in [-0.2, 0) is 6.54 Å². The van der Waals surface area contributed by atoms with E-state index in [0.717, 1.165) is 47.6 Å². The summed E-state index contributed by atoms with van der Waals surface area (Å²) in [6, 6.07) is 4.34. The largest absolute Gasteiger partial charge is 0.490 e. The van der Waals surface area contributed by atoms with Crippen LogP contribution in [0.15, 0.2) is 18.3 Å². The molecule has 0 saturated carbocycles. The molecular weight excluding hydrogens is 286 g/mol. The minimum absolute atomic E-state index is 0.182. The number of nitrogens with zero attached hydrogens (tertiary/aromatic N) is 2. The molecule has 0 bridgehead atoms. The predicted octanol–water partition coefficient (Wildman–Crippen LogP) is 4.32. The normalized spacial score (nSPS) is 11.5. The van der Waals surface area contributed by atoms with Gasteiger partial charge in [0.05, 0.1) is 11.8 Å². The maximum absolute atomic E-state index is 5.94. The van der Waals surface area contributed by atoms with Crippen LogP contribution in [0.5, 0.6) is 5.75 Å². The molecule has 1 aromatic heterocycles.